The topological polar surface area (TPSA) is 32.3 Å². The molecule has 0 unspecified atom stereocenters. The summed E-state index contributed by atoms with van der Waals surface area (Å²) >= 11 is 0. The predicted molar refractivity (Wildman–Crippen MR) is 71.2 cm³/mol. The first-order valence-electron chi connectivity index (χ1n) is 6.27. The van der Waals surface area contributed by atoms with Crippen molar-refractivity contribution in [3.05, 3.63) is 42.5 Å². The summed E-state index contributed by atoms with van der Waals surface area (Å²) in [6.07, 6.45) is 2.89. The van der Waals surface area contributed by atoms with Gasteiger partial charge in [-0.15, -0.1) is 0 Å². The molecule has 0 heterocycles. The average molecular weight is 227 g/mol. The summed E-state index contributed by atoms with van der Waals surface area (Å²) in [5.74, 6) is 0. The normalized spacial score (nSPS) is 24.1. The molecule has 2 atom stereocenters. The Morgan fingerprint density at radius 2 is 1.82 bits per heavy atom. The van der Waals surface area contributed by atoms with Gasteiger partial charge in [-0.25, -0.2) is 0 Å². The van der Waals surface area contributed by atoms with Crippen LogP contribution in [0.4, 0.5) is 5.69 Å². The second kappa shape index (κ2) is 4.38. The standard InChI is InChI=1S/C15H17NO/c17-15-10-4-9-14(15)16-13-8-3-6-11-5-1-2-7-12(11)13/h1-3,5-8,14-17H,4,9-10H2/t14-,15-/m0/s1. The Morgan fingerprint density at radius 3 is 2.65 bits per heavy atom. The Hall–Kier alpha value is -1.54. The molecule has 1 saturated carbocycles. The first-order valence-corrected chi connectivity index (χ1v) is 6.27. The van der Waals surface area contributed by atoms with Gasteiger partial charge in [-0.3, -0.25) is 0 Å². The molecular weight excluding hydrogens is 210 g/mol. The molecule has 1 fully saturated rings. The van der Waals surface area contributed by atoms with E-state index >= 15 is 0 Å². The average Bonchev–Trinajstić information content (AvgIpc) is 2.76. The van der Waals surface area contributed by atoms with Crippen molar-refractivity contribution >= 4 is 16.5 Å². The van der Waals surface area contributed by atoms with Crippen LogP contribution in [0.5, 0.6) is 0 Å². The maximum absolute atomic E-state index is 9.86. The van der Waals surface area contributed by atoms with Gasteiger partial charge >= 0.3 is 0 Å². The van der Waals surface area contributed by atoms with Crippen LogP contribution >= 0.6 is 0 Å². The third-order valence-corrected chi connectivity index (χ3v) is 3.61. The van der Waals surface area contributed by atoms with Crippen LogP contribution in [0.3, 0.4) is 0 Å². The van der Waals surface area contributed by atoms with Gasteiger partial charge in [0.25, 0.3) is 0 Å². The lowest BCUT2D eigenvalue weighted by Gasteiger charge is -2.19. The van der Waals surface area contributed by atoms with E-state index in [9.17, 15) is 5.11 Å². The van der Waals surface area contributed by atoms with Crippen molar-refractivity contribution in [2.45, 2.75) is 31.4 Å². The van der Waals surface area contributed by atoms with Gasteiger partial charge in [0, 0.05) is 11.1 Å². The van der Waals surface area contributed by atoms with Crippen molar-refractivity contribution in [1.29, 1.82) is 0 Å². The summed E-state index contributed by atoms with van der Waals surface area (Å²) in [5.41, 5.74) is 1.13. The molecule has 3 rings (SSSR count). The van der Waals surface area contributed by atoms with Crippen molar-refractivity contribution in [1.82, 2.24) is 0 Å². The molecule has 2 aromatic carbocycles. The number of anilines is 1. The van der Waals surface area contributed by atoms with Crippen LogP contribution in [0.1, 0.15) is 19.3 Å². The van der Waals surface area contributed by atoms with Crippen molar-refractivity contribution in [2.24, 2.45) is 0 Å². The molecule has 0 radical (unpaired) electrons. The van der Waals surface area contributed by atoms with Crippen molar-refractivity contribution in [3.8, 4) is 0 Å². The third-order valence-electron chi connectivity index (χ3n) is 3.61. The molecule has 88 valence electrons. The van der Waals surface area contributed by atoms with Crippen molar-refractivity contribution < 1.29 is 5.11 Å². The minimum Gasteiger partial charge on any atom is -0.391 e. The van der Waals surface area contributed by atoms with Crippen LogP contribution in [0, 0.1) is 0 Å². The van der Waals surface area contributed by atoms with Crippen LogP contribution in [-0.4, -0.2) is 17.3 Å². The lowest BCUT2D eigenvalue weighted by atomic mass is 10.1. The smallest absolute Gasteiger partial charge is 0.0741 e. The lowest BCUT2D eigenvalue weighted by molar-refractivity contribution is 0.172. The molecular formula is C15H17NO. The summed E-state index contributed by atoms with van der Waals surface area (Å²) < 4.78 is 0. The number of hydrogen-bond donors (Lipinski definition) is 2. The summed E-state index contributed by atoms with van der Waals surface area (Å²) in [5, 5.41) is 15.8. The zero-order valence-corrected chi connectivity index (χ0v) is 9.76. The number of fused-ring (bicyclic) bond motifs is 1. The largest absolute Gasteiger partial charge is 0.391 e. The van der Waals surface area contributed by atoms with Crippen LogP contribution in [0.15, 0.2) is 42.5 Å². The molecule has 2 heteroatoms. The Labute approximate surface area is 101 Å². The van der Waals surface area contributed by atoms with E-state index in [0.717, 1.165) is 24.9 Å². The molecule has 0 aliphatic heterocycles. The highest BCUT2D eigenvalue weighted by Gasteiger charge is 2.25. The number of rotatable bonds is 2. The molecule has 0 spiro atoms. The molecule has 0 aromatic heterocycles. The monoisotopic (exact) mass is 227 g/mol. The predicted octanol–water partition coefficient (Wildman–Crippen LogP) is 3.17. The first kappa shape index (κ1) is 10.6. The second-order valence-electron chi connectivity index (χ2n) is 4.78. The minimum absolute atomic E-state index is 0.200. The highest BCUT2D eigenvalue weighted by molar-refractivity contribution is 5.93. The summed E-state index contributed by atoms with van der Waals surface area (Å²) in [6, 6.07) is 14.8. The quantitative estimate of drug-likeness (QED) is 0.826. The zero-order valence-electron chi connectivity index (χ0n) is 9.76. The molecule has 1 aliphatic rings. The minimum atomic E-state index is -0.200. The van der Waals surface area contributed by atoms with Crippen molar-refractivity contribution in [2.75, 3.05) is 5.32 Å². The van der Waals surface area contributed by atoms with Crippen LogP contribution in [0.25, 0.3) is 10.8 Å². The molecule has 0 amide bonds. The summed E-state index contributed by atoms with van der Waals surface area (Å²) in [4.78, 5) is 0. The number of benzene rings is 2. The highest BCUT2D eigenvalue weighted by Crippen LogP contribution is 2.27. The maximum Gasteiger partial charge on any atom is 0.0741 e. The van der Waals surface area contributed by atoms with E-state index in [1.807, 2.05) is 0 Å². The molecule has 2 aromatic rings. The fourth-order valence-electron chi connectivity index (χ4n) is 2.66. The van der Waals surface area contributed by atoms with E-state index in [4.69, 9.17) is 0 Å². The van der Waals surface area contributed by atoms with Gasteiger partial charge in [-0.05, 0) is 30.7 Å². The molecule has 1 aliphatic carbocycles. The lowest BCUT2D eigenvalue weighted by Crippen LogP contribution is -2.27. The van der Waals surface area contributed by atoms with Gasteiger partial charge in [0.15, 0.2) is 0 Å². The number of aliphatic hydroxyl groups is 1. The summed E-state index contributed by atoms with van der Waals surface area (Å²) in [7, 11) is 0. The molecule has 0 saturated heterocycles. The molecule has 17 heavy (non-hydrogen) atoms. The van der Waals surface area contributed by atoms with Crippen LogP contribution < -0.4 is 5.32 Å². The van der Waals surface area contributed by atoms with Gasteiger partial charge in [0.05, 0.1) is 12.1 Å². The van der Waals surface area contributed by atoms with Gasteiger partial charge in [-0.2, -0.15) is 0 Å². The van der Waals surface area contributed by atoms with E-state index in [0.29, 0.717) is 0 Å². The molecule has 2 N–H and O–H groups in total. The Balaban J connectivity index is 1.94. The Bertz CT molecular complexity index is 518. The Kier molecular flexibility index (Phi) is 2.73. The van der Waals surface area contributed by atoms with E-state index in [-0.39, 0.29) is 12.1 Å². The van der Waals surface area contributed by atoms with E-state index in [1.165, 1.54) is 10.8 Å². The van der Waals surface area contributed by atoms with Gasteiger partial charge in [-0.1, -0.05) is 36.4 Å². The second-order valence-corrected chi connectivity index (χ2v) is 4.78. The highest BCUT2D eigenvalue weighted by atomic mass is 16.3. The fraction of sp³-hybridized carbons (Fsp3) is 0.333. The fourth-order valence-corrected chi connectivity index (χ4v) is 2.66. The SMILES string of the molecule is O[C@H]1CCC[C@@H]1Nc1cccc2ccccc12. The van der Waals surface area contributed by atoms with Gasteiger partial charge in [0.1, 0.15) is 0 Å². The molecule has 2 nitrogen and oxygen atoms in total. The third kappa shape index (κ3) is 2.01. The number of nitrogens with one attached hydrogen (secondary N) is 1. The maximum atomic E-state index is 9.86. The summed E-state index contributed by atoms with van der Waals surface area (Å²) in [6.45, 7) is 0. The Morgan fingerprint density at radius 1 is 1.00 bits per heavy atom. The van der Waals surface area contributed by atoms with E-state index < -0.39 is 0 Å². The first-order chi connectivity index (χ1) is 8.34. The number of hydrogen-bond acceptors (Lipinski definition) is 2. The van der Waals surface area contributed by atoms with Crippen LogP contribution in [0.2, 0.25) is 0 Å². The van der Waals surface area contributed by atoms with E-state index in [1.54, 1.807) is 0 Å². The van der Waals surface area contributed by atoms with Gasteiger partial charge < -0.3 is 10.4 Å². The van der Waals surface area contributed by atoms with Gasteiger partial charge in [0.2, 0.25) is 0 Å². The molecule has 0 bridgehead atoms. The van der Waals surface area contributed by atoms with Crippen LogP contribution in [-0.2, 0) is 0 Å². The zero-order chi connectivity index (χ0) is 11.7. The van der Waals surface area contributed by atoms with E-state index in [2.05, 4.69) is 47.8 Å². The van der Waals surface area contributed by atoms with Crippen molar-refractivity contribution in [3.63, 3.8) is 0 Å². The number of aliphatic hydroxyl groups excluding tert-OH is 1.